The van der Waals surface area contributed by atoms with Gasteiger partial charge in [-0.2, -0.15) is 9.97 Å². The number of ether oxygens (including phenoxy) is 4. The summed E-state index contributed by atoms with van der Waals surface area (Å²) < 4.78 is 22.1. The predicted molar refractivity (Wildman–Crippen MR) is 104 cm³/mol. The van der Waals surface area contributed by atoms with Crippen LogP contribution in [0.15, 0.2) is 24.3 Å². The van der Waals surface area contributed by atoms with Gasteiger partial charge in [0, 0.05) is 23.1 Å². The third-order valence-electron chi connectivity index (χ3n) is 4.67. The summed E-state index contributed by atoms with van der Waals surface area (Å²) in [5, 5.41) is 0. The van der Waals surface area contributed by atoms with Gasteiger partial charge in [-0.3, -0.25) is 0 Å². The monoisotopic (exact) mass is 380 g/mol. The van der Waals surface area contributed by atoms with E-state index in [2.05, 4.69) is 34.8 Å². The van der Waals surface area contributed by atoms with E-state index in [1.807, 2.05) is 18.2 Å². The highest BCUT2D eigenvalue weighted by molar-refractivity contribution is 5.66. The Labute approximate surface area is 165 Å². The van der Waals surface area contributed by atoms with Crippen LogP contribution in [-0.4, -0.2) is 49.6 Å². The van der Waals surface area contributed by atoms with E-state index < -0.39 is 0 Å². The predicted octanol–water partition coefficient (Wildman–Crippen LogP) is 3.02. The molecule has 0 amide bonds. The third-order valence-corrected chi connectivity index (χ3v) is 4.67. The maximum Gasteiger partial charge on any atom is 0.320 e. The van der Waals surface area contributed by atoms with Gasteiger partial charge in [0.15, 0.2) is 0 Å². The van der Waals surface area contributed by atoms with Gasteiger partial charge in [-0.05, 0) is 37.5 Å². The Hall–Kier alpha value is -2.62. The van der Waals surface area contributed by atoms with Gasteiger partial charge < -0.3 is 18.9 Å². The molecule has 1 atom stereocenters. The number of methoxy groups -OCH3 is 1. The van der Waals surface area contributed by atoms with Crippen molar-refractivity contribution in [3.05, 3.63) is 35.4 Å². The van der Waals surface area contributed by atoms with Crippen LogP contribution >= 0.6 is 0 Å². The first-order chi connectivity index (χ1) is 13.7. The molecule has 2 aromatic rings. The van der Waals surface area contributed by atoms with Gasteiger partial charge in [0.1, 0.15) is 12.7 Å². The minimum absolute atomic E-state index is 0.0933. The maximum absolute atomic E-state index is 5.83. The molecule has 2 fully saturated rings. The van der Waals surface area contributed by atoms with Crippen LogP contribution in [0.4, 0.5) is 0 Å². The maximum atomic E-state index is 5.83. The molecule has 0 spiro atoms. The van der Waals surface area contributed by atoms with E-state index in [0.29, 0.717) is 38.2 Å². The number of aromatic nitrogens is 2. The Bertz CT molecular complexity index is 893. The molecule has 6 heteroatoms. The van der Waals surface area contributed by atoms with Crippen LogP contribution in [0.3, 0.4) is 0 Å². The highest BCUT2D eigenvalue weighted by atomic mass is 16.6. The van der Waals surface area contributed by atoms with Crippen molar-refractivity contribution in [3.63, 3.8) is 0 Å². The van der Waals surface area contributed by atoms with Crippen molar-refractivity contribution in [2.45, 2.75) is 25.9 Å². The van der Waals surface area contributed by atoms with E-state index in [1.54, 1.807) is 7.11 Å². The summed E-state index contributed by atoms with van der Waals surface area (Å²) in [5.41, 5.74) is 3.88. The van der Waals surface area contributed by atoms with Gasteiger partial charge in [-0.1, -0.05) is 17.9 Å². The fraction of sp³-hybridized carbons (Fsp3) is 0.455. The van der Waals surface area contributed by atoms with Crippen LogP contribution in [0.5, 0.6) is 11.9 Å². The van der Waals surface area contributed by atoms with E-state index in [0.717, 1.165) is 22.4 Å². The molecule has 4 rings (SSSR count). The molecule has 1 saturated heterocycles. The molecule has 0 N–H and O–H groups in total. The molecule has 1 aromatic carbocycles. The largest absolute Gasteiger partial charge is 0.475 e. The van der Waals surface area contributed by atoms with Gasteiger partial charge in [-0.25, -0.2) is 0 Å². The zero-order chi connectivity index (χ0) is 19.3. The molecule has 28 heavy (non-hydrogen) atoms. The molecule has 1 aliphatic carbocycles. The van der Waals surface area contributed by atoms with Crippen LogP contribution in [0.1, 0.15) is 24.0 Å². The standard InChI is InChI=1S/C22H24N2O4/c1-15-11-17(6-5-16-3-4-16)7-8-19(15)20-12-21(24-22(23-20)25-2)28-14-18-13-26-9-10-27-18/h7-8,11-12,16,18H,3-4,9-10,13-14H2,1-2H3/t18-/m1/s1. The fourth-order valence-electron chi connectivity index (χ4n) is 2.96. The molecule has 146 valence electrons. The quantitative estimate of drug-likeness (QED) is 0.743. The second-order valence-corrected chi connectivity index (χ2v) is 7.03. The summed E-state index contributed by atoms with van der Waals surface area (Å²) >= 11 is 0. The van der Waals surface area contributed by atoms with Crippen molar-refractivity contribution >= 4 is 0 Å². The summed E-state index contributed by atoms with van der Waals surface area (Å²) in [6.45, 7) is 4.16. The fourth-order valence-corrected chi connectivity index (χ4v) is 2.96. The molecular weight excluding hydrogens is 356 g/mol. The Morgan fingerprint density at radius 2 is 2.07 bits per heavy atom. The topological polar surface area (TPSA) is 62.7 Å². The average molecular weight is 380 g/mol. The zero-order valence-electron chi connectivity index (χ0n) is 16.2. The van der Waals surface area contributed by atoms with Crippen molar-refractivity contribution in [3.8, 4) is 35.0 Å². The summed E-state index contributed by atoms with van der Waals surface area (Å²) in [7, 11) is 1.55. The Balaban J connectivity index is 1.53. The average Bonchev–Trinajstić information content (AvgIpc) is 3.56. The molecule has 1 aliphatic heterocycles. The molecule has 1 aromatic heterocycles. The lowest BCUT2D eigenvalue weighted by atomic mass is 10.0. The lowest BCUT2D eigenvalue weighted by Crippen LogP contribution is -2.33. The van der Waals surface area contributed by atoms with E-state index in [-0.39, 0.29) is 12.1 Å². The van der Waals surface area contributed by atoms with E-state index >= 15 is 0 Å². The summed E-state index contributed by atoms with van der Waals surface area (Å²) in [6, 6.07) is 8.25. The number of aryl methyl sites for hydroxylation is 1. The van der Waals surface area contributed by atoms with Crippen LogP contribution in [0.25, 0.3) is 11.3 Å². The Morgan fingerprint density at radius 3 is 2.79 bits per heavy atom. The van der Waals surface area contributed by atoms with Crippen molar-refractivity contribution in [2.24, 2.45) is 5.92 Å². The molecule has 0 radical (unpaired) electrons. The lowest BCUT2D eigenvalue weighted by Gasteiger charge is -2.22. The summed E-state index contributed by atoms with van der Waals surface area (Å²) in [6.07, 6.45) is 2.36. The first-order valence-electron chi connectivity index (χ1n) is 9.59. The van der Waals surface area contributed by atoms with Gasteiger partial charge in [0.25, 0.3) is 0 Å². The molecule has 1 saturated carbocycles. The Kier molecular flexibility index (Phi) is 5.75. The lowest BCUT2D eigenvalue weighted by molar-refractivity contribution is -0.102. The first kappa shape index (κ1) is 18.7. The van der Waals surface area contributed by atoms with Crippen LogP contribution < -0.4 is 9.47 Å². The van der Waals surface area contributed by atoms with Gasteiger partial charge in [0.2, 0.25) is 5.88 Å². The minimum atomic E-state index is -0.0933. The smallest absolute Gasteiger partial charge is 0.320 e. The number of hydrogen-bond acceptors (Lipinski definition) is 6. The van der Waals surface area contributed by atoms with Crippen molar-refractivity contribution in [1.82, 2.24) is 9.97 Å². The number of rotatable bonds is 5. The first-order valence-corrected chi connectivity index (χ1v) is 9.59. The molecule has 0 unspecified atom stereocenters. The van der Waals surface area contributed by atoms with E-state index in [4.69, 9.17) is 18.9 Å². The van der Waals surface area contributed by atoms with Gasteiger partial charge in [-0.15, -0.1) is 0 Å². The number of benzene rings is 1. The second kappa shape index (κ2) is 8.59. The van der Waals surface area contributed by atoms with Crippen molar-refractivity contribution in [2.75, 3.05) is 33.5 Å². The highest BCUT2D eigenvalue weighted by Gasteiger charge is 2.18. The SMILES string of the molecule is COc1nc(OC[C@H]2COCCO2)cc(-c2ccc(C#CC3CC3)cc2C)n1. The highest BCUT2D eigenvalue weighted by Crippen LogP contribution is 2.29. The summed E-state index contributed by atoms with van der Waals surface area (Å²) in [5.74, 6) is 7.59. The molecule has 0 bridgehead atoms. The van der Waals surface area contributed by atoms with E-state index in [1.165, 1.54) is 12.8 Å². The normalized spacial score (nSPS) is 18.9. The number of hydrogen-bond donors (Lipinski definition) is 0. The van der Waals surface area contributed by atoms with Crippen molar-refractivity contribution < 1.29 is 18.9 Å². The van der Waals surface area contributed by atoms with E-state index in [9.17, 15) is 0 Å². The minimum Gasteiger partial charge on any atom is -0.475 e. The second-order valence-electron chi connectivity index (χ2n) is 7.03. The third kappa shape index (κ3) is 4.80. The number of nitrogens with zero attached hydrogens (tertiary/aromatic N) is 2. The van der Waals surface area contributed by atoms with Crippen LogP contribution in [-0.2, 0) is 9.47 Å². The molecular formula is C22H24N2O4. The summed E-state index contributed by atoms with van der Waals surface area (Å²) in [4.78, 5) is 8.78. The van der Waals surface area contributed by atoms with Crippen molar-refractivity contribution in [1.29, 1.82) is 0 Å². The van der Waals surface area contributed by atoms with Gasteiger partial charge >= 0.3 is 6.01 Å². The Morgan fingerprint density at radius 1 is 1.18 bits per heavy atom. The molecule has 2 heterocycles. The zero-order valence-corrected chi connectivity index (χ0v) is 16.2. The van der Waals surface area contributed by atoms with Crippen LogP contribution in [0.2, 0.25) is 0 Å². The van der Waals surface area contributed by atoms with Gasteiger partial charge in [0.05, 0.1) is 32.6 Å². The van der Waals surface area contributed by atoms with Crippen LogP contribution in [0, 0.1) is 24.7 Å². The molecule has 2 aliphatic rings. The molecule has 6 nitrogen and oxygen atoms in total.